The van der Waals surface area contributed by atoms with Crippen molar-refractivity contribution in [1.82, 2.24) is 0 Å². The molecule has 36 heavy (non-hydrogen) atoms. The number of rotatable bonds is 2. The first-order valence-corrected chi connectivity index (χ1v) is 13.9. The second kappa shape index (κ2) is 7.78. The van der Waals surface area contributed by atoms with Crippen LogP contribution in [0.5, 0.6) is 0 Å². The Hall–Kier alpha value is -2.94. The number of hydrogen-bond acceptors (Lipinski definition) is 0. The maximum atomic E-state index is 3.67. The number of hydrogen-bond donors (Lipinski definition) is 0. The van der Waals surface area contributed by atoms with E-state index in [9.17, 15) is 0 Å². The van der Waals surface area contributed by atoms with E-state index in [4.69, 9.17) is 0 Å². The highest BCUT2D eigenvalue weighted by atomic mass is 79.9. The average molecular weight is 592 g/mol. The van der Waals surface area contributed by atoms with E-state index in [1.54, 1.807) is 0 Å². The molecule has 2 aliphatic rings. The molecule has 0 saturated carbocycles. The Bertz CT molecular complexity index is 1610. The molecule has 5 aromatic rings. The summed E-state index contributed by atoms with van der Waals surface area (Å²) in [5.74, 6) is 0. The molecule has 0 aromatic heterocycles. The van der Waals surface area contributed by atoms with Crippen LogP contribution in [0.3, 0.4) is 0 Å². The minimum atomic E-state index is -0.399. The molecule has 174 valence electrons. The van der Waals surface area contributed by atoms with Gasteiger partial charge >= 0.3 is 0 Å². The molecule has 0 bridgehead atoms. The van der Waals surface area contributed by atoms with Gasteiger partial charge in [-0.05, 0) is 92.0 Å². The average Bonchev–Trinajstić information content (AvgIpc) is 3.31. The zero-order valence-corrected chi connectivity index (χ0v) is 23.3. The fourth-order valence-electron chi connectivity index (χ4n) is 6.66. The van der Waals surface area contributed by atoms with Gasteiger partial charge in [0.2, 0.25) is 0 Å². The summed E-state index contributed by atoms with van der Waals surface area (Å²) in [4.78, 5) is 0. The molecule has 0 aliphatic heterocycles. The zero-order valence-electron chi connectivity index (χ0n) is 20.1. The molecule has 0 nitrogen and oxygen atoms in total. The predicted octanol–water partition coefficient (Wildman–Crippen LogP) is 9.88. The van der Waals surface area contributed by atoms with Crippen molar-refractivity contribution in [2.24, 2.45) is 0 Å². The van der Waals surface area contributed by atoms with Crippen LogP contribution < -0.4 is 0 Å². The second-order valence-electron chi connectivity index (χ2n) is 10.4. The third-order valence-electron chi connectivity index (χ3n) is 8.30. The number of benzene rings is 5. The molecule has 0 spiro atoms. The van der Waals surface area contributed by atoms with Crippen molar-refractivity contribution in [2.45, 2.75) is 24.7 Å². The Morgan fingerprint density at radius 1 is 0.444 bits per heavy atom. The van der Waals surface area contributed by atoms with Gasteiger partial charge in [0.15, 0.2) is 0 Å². The van der Waals surface area contributed by atoms with Gasteiger partial charge < -0.3 is 0 Å². The third kappa shape index (κ3) is 2.86. The van der Waals surface area contributed by atoms with E-state index in [0.29, 0.717) is 0 Å². The summed E-state index contributed by atoms with van der Waals surface area (Å²) in [5.41, 5.74) is 13.1. The predicted molar refractivity (Wildman–Crippen MR) is 157 cm³/mol. The van der Waals surface area contributed by atoms with Crippen molar-refractivity contribution >= 4 is 31.9 Å². The second-order valence-corrected chi connectivity index (χ2v) is 12.3. The molecule has 5 aromatic carbocycles. The monoisotopic (exact) mass is 590 g/mol. The van der Waals surface area contributed by atoms with Crippen molar-refractivity contribution in [3.63, 3.8) is 0 Å². The maximum absolute atomic E-state index is 3.67. The zero-order chi connectivity index (χ0) is 24.7. The summed E-state index contributed by atoms with van der Waals surface area (Å²) >= 11 is 7.33. The summed E-state index contributed by atoms with van der Waals surface area (Å²) in [5, 5.41) is 0. The first-order valence-electron chi connectivity index (χ1n) is 12.3. The van der Waals surface area contributed by atoms with Gasteiger partial charge in [-0.1, -0.05) is 119 Å². The van der Waals surface area contributed by atoms with Gasteiger partial charge in [0.05, 0.1) is 5.41 Å². The Balaban J connectivity index is 1.64. The summed E-state index contributed by atoms with van der Waals surface area (Å²) < 4.78 is 2.18. The molecule has 0 radical (unpaired) electrons. The van der Waals surface area contributed by atoms with Crippen LogP contribution in [-0.4, -0.2) is 0 Å². The topological polar surface area (TPSA) is 0 Å². The lowest BCUT2D eigenvalue weighted by Crippen LogP contribution is -2.28. The molecule has 0 heterocycles. The van der Waals surface area contributed by atoms with Crippen molar-refractivity contribution in [1.29, 1.82) is 0 Å². The minimum absolute atomic E-state index is 0.0314. The fraction of sp³-hybridized carbons (Fsp3) is 0.118. The fourth-order valence-corrected chi connectivity index (χ4v) is 7.19. The van der Waals surface area contributed by atoms with Gasteiger partial charge in [-0.3, -0.25) is 0 Å². The Morgan fingerprint density at radius 3 is 1.47 bits per heavy atom. The standard InChI is InChI=1S/C34H24Br2/c1-33(2)29-9-5-3-7-25(29)27-20-32-28(19-31(27)33)26-8-4-6-10-30(26)34(32,21-11-15-23(35)16-12-21)22-13-17-24(36)18-14-22/h3-20H,1-2H3. The molecule has 0 atom stereocenters. The first-order chi connectivity index (χ1) is 17.4. The van der Waals surface area contributed by atoms with Crippen LogP contribution in [0, 0.1) is 0 Å². The quantitative estimate of drug-likeness (QED) is 0.188. The van der Waals surface area contributed by atoms with E-state index in [1.165, 1.54) is 55.6 Å². The molecular weight excluding hydrogens is 568 g/mol. The first kappa shape index (κ1) is 22.3. The van der Waals surface area contributed by atoms with Crippen LogP contribution in [0.15, 0.2) is 118 Å². The van der Waals surface area contributed by atoms with Gasteiger partial charge in [0, 0.05) is 14.4 Å². The largest absolute Gasteiger partial charge is 0.0713 e. The number of halogens is 2. The molecular formula is C34H24Br2. The van der Waals surface area contributed by atoms with Crippen LogP contribution in [0.25, 0.3) is 22.3 Å². The normalized spacial score (nSPS) is 15.7. The summed E-state index contributed by atoms with van der Waals surface area (Å²) in [6, 6.07) is 40.7. The van der Waals surface area contributed by atoms with Gasteiger partial charge in [0.1, 0.15) is 0 Å². The minimum Gasteiger partial charge on any atom is -0.0619 e. The molecule has 2 heteroatoms. The van der Waals surface area contributed by atoms with E-state index in [2.05, 4.69) is 155 Å². The molecule has 0 amide bonds. The highest BCUT2D eigenvalue weighted by Crippen LogP contribution is 2.60. The van der Waals surface area contributed by atoms with Crippen molar-refractivity contribution < 1.29 is 0 Å². The van der Waals surface area contributed by atoms with Gasteiger partial charge in [-0.25, -0.2) is 0 Å². The van der Waals surface area contributed by atoms with E-state index >= 15 is 0 Å². The van der Waals surface area contributed by atoms with E-state index in [-0.39, 0.29) is 5.41 Å². The Labute approximate surface area is 229 Å². The Morgan fingerprint density at radius 2 is 0.889 bits per heavy atom. The number of fused-ring (bicyclic) bond motifs is 6. The molecule has 0 fully saturated rings. The molecule has 0 unspecified atom stereocenters. The van der Waals surface area contributed by atoms with Crippen LogP contribution in [0.2, 0.25) is 0 Å². The van der Waals surface area contributed by atoms with Crippen molar-refractivity contribution in [3.05, 3.63) is 152 Å². The highest BCUT2D eigenvalue weighted by Gasteiger charge is 2.48. The van der Waals surface area contributed by atoms with Crippen LogP contribution in [0.1, 0.15) is 47.2 Å². The third-order valence-corrected chi connectivity index (χ3v) is 9.36. The van der Waals surface area contributed by atoms with Gasteiger partial charge in [0.25, 0.3) is 0 Å². The lowest BCUT2D eigenvalue weighted by molar-refractivity contribution is 0.660. The highest BCUT2D eigenvalue weighted by molar-refractivity contribution is 9.10. The van der Waals surface area contributed by atoms with E-state index in [1.807, 2.05) is 0 Å². The molecule has 2 aliphatic carbocycles. The van der Waals surface area contributed by atoms with Crippen LogP contribution in [-0.2, 0) is 10.8 Å². The molecule has 0 N–H and O–H groups in total. The summed E-state index contributed by atoms with van der Waals surface area (Å²) in [6.45, 7) is 4.73. The Kier molecular flexibility index (Phi) is 4.81. The molecule has 7 rings (SSSR count). The van der Waals surface area contributed by atoms with Crippen LogP contribution in [0.4, 0.5) is 0 Å². The summed E-state index contributed by atoms with van der Waals surface area (Å²) in [6.07, 6.45) is 0. The SMILES string of the molecule is CC1(C)c2ccccc2-c2cc3c(cc21)-c1ccccc1C3(c1ccc(Br)cc1)c1ccc(Br)cc1. The van der Waals surface area contributed by atoms with E-state index < -0.39 is 5.41 Å². The van der Waals surface area contributed by atoms with Gasteiger partial charge in [-0.15, -0.1) is 0 Å². The molecule has 0 saturated heterocycles. The summed E-state index contributed by atoms with van der Waals surface area (Å²) in [7, 11) is 0. The van der Waals surface area contributed by atoms with E-state index in [0.717, 1.165) is 8.95 Å². The van der Waals surface area contributed by atoms with Crippen molar-refractivity contribution in [2.75, 3.05) is 0 Å². The van der Waals surface area contributed by atoms with Crippen LogP contribution >= 0.6 is 31.9 Å². The lowest BCUT2D eigenvalue weighted by atomic mass is 9.67. The maximum Gasteiger partial charge on any atom is 0.0713 e. The smallest absolute Gasteiger partial charge is 0.0619 e. The lowest BCUT2D eigenvalue weighted by Gasteiger charge is -2.34. The van der Waals surface area contributed by atoms with Gasteiger partial charge in [-0.2, -0.15) is 0 Å². The van der Waals surface area contributed by atoms with Crippen molar-refractivity contribution in [3.8, 4) is 22.3 Å².